The first-order valence-corrected chi connectivity index (χ1v) is 2.97. The van der Waals surface area contributed by atoms with Crippen LogP contribution in [0, 0.1) is 10.8 Å². The summed E-state index contributed by atoms with van der Waals surface area (Å²) in [5.41, 5.74) is 0.534. The molecule has 2 rings (SSSR count). The molecule has 0 aromatic carbocycles. The van der Waals surface area contributed by atoms with Crippen molar-refractivity contribution in [3.63, 3.8) is 0 Å². The van der Waals surface area contributed by atoms with Gasteiger partial charge in [-0.05, 0) is 6.07 Å². The van der Waals surface area contributed by atoms with Crippen molar-refractivity contribution < 1.29 is 4.42 Å². The normalized spacial score (nSPS) is 13.6. The molecule has 11 heavy (non-hydrogen) atoms. The molecule has 0 unspecified atom stereocenters. The smallest absolute Gasteiger partial charge is 0.212 e. The highest BCUT2D eigenvalue weighted by Crippen LogP contribution is 2.23. The maximum absolute atomic E-state index is 7.19. The Morgan fingerprint density at radius 1 is 1.18 bits per heavy atom. The number of rotatable bonds is 0. The molecular formula is C6H4N4O. The van der Waals surface area contributed by atoms with Crippen molar-refractivity contribution in [3.05, 3.63) is 23.4 Å². The molecule has 0 saturated carbocycles. The SMILES string of the molecule is N=C1N=Nc2ccc(=N)oc21. The maximum Gasteiger partial charge on any atom is 0.212 e. The van der Waals surface area contributed by atoms with E-state index < -0.39 is 0 Å². The summed E-state index contributed by atoms with van der Waals surface area (Å²) in [5, 5.41) is 21.4. The van der Waals surface area contributed by atoms with Crippen LogP contribution >= 0.6 is 0 Å². The minimum Gasteiger partial charge on any atom is -0.433 e. The van der Waals surface area contributed by atoms with Gasteiger partial charge in [-0.25, -0.2) is 0 Å². The summed E-state index contributed by atoms with van der Waals surface area (Å²) < 4.78 is 4.89. The van der Waals surface area contributed by atoms with Gasteiger partial charge in [0.2, 0.25) is 17.1 Å². The minimum absolute atomic E-state index is 0.0146. The highest BCUT2D eigenvalue weighted by atomic mass is 16.3. The van der Waals surface area contributed by atoms with Crippen LogP contribution in [0.5, 0.6) is 0 Å². The number of azo groups is 1. The van der Waals surface area contributed by atoms with Crippen LogP contribution in [0.25, 0.3) is 0 Å². The molecule has 2 N–H and O–H groups in total. The average Bonchev–Trinajstić information content (AvgIpc) is 2.33. The molecule has 1 aromatic heterocycles. The topological polar surface area (TPSA) is 85.6 Å². The van der Waals surface area contributed by atoms with Crippen molar-refractivity contribution in [1.82, 2.24) is 0 Å². The monoisotopic (exact) mass is 148 g/mol. The Hall–Kier alpha value is -1.78. The number of hydrogen-bond acceptors (Lipinski definition) is 4. The molecule has 54 valence electrons. The van der Waals surface area contributed by atoms with E-state index >= 15 is 0 Å². The van der Waals surface area contributed by atoms with Gasteiger partial charge in [-0.3, -0.25) is 10.8 Å². The molecular weight excluding hydrogens is 144 g/mol. The third-order valence-corrected chi connectivity index (χ3v) is 1.31. The Balaban J connectivity index is 2.76. The maximum atomic E-state index is 7.19. The highest BCUT2D eigenvalue weighted by Gasteiger charge is 2.15. The summed E-state index contributed by atoms with van der Waals surface area (Å²) in [7, 11) is 0. The Labute approximate surface area is 61.4 Å². The van der Waals surface area contributed by atoms with Gasteiger partial charge >= 0.3 is 0 Å². The van der Waals surface area contributed by atoms with Gasteiger partial charge in [-0.15, -0.1) is 10.2 Å². The van der Waals surface area contributed by atoms with Gasteiger partial charge in [0, 0.05) is 6.07 Å². The van der Waals surface area contributed by atoms with Crippen LogP contribution < -0.4 is 5.55 Å². The lowest BCUT2D eigenvalue weighted by Crippen LogP contribution is -2.00. The van der Waals surface area contributed by atoms with Crippen LogP contribution in [0.2, 0.25) is 0 Å². The second-order valence-electron chi connectivity index (χ2n) is 2.06. The van der Waals surface area contributed by atoms with Gasteiger partial charge in [-0.1, -0.05) is 0 Å². The Morgan fingerprint density at radius 2 is 2.00 bits per heavy atom. The number of nitrogens with one attached hydrogen (secondary N) is 2. The van der Waals surface area contributed by atoms with Crippen LogP contribution in [0.1, 0.15) is 5.76 Å². The fourth-order valence-corrected chi connectivity index (χ4v) is 0.824. The van der Waals surface area contributed by atoms with Gasteiger partial charge in [0.1, 0.15) is 5.69 Å². The molecule has 0 amide bonds. The average molecular weight is 148 g/mol. The fraction of sp³-hybridized carbons (Fsp3) is 0. The molecule has 2 heterocycles. The minimum atomic E-state index is -0.0194. The standard InChI is InChI=1S/C6H4N4O/c7-4-2-1-3-5(11-4)6(8)10-9-3/h1-2,7-8H. The number of fused-ring (bicyclic) bond motifs is 1. The molecule has 0 atom stereocenters. The van der Waals surface area contributed by atoms with Crippen molar-refractivity contribution in [1.29, 1.82) is 10.8 Å². The van der Waals surface area contributed by atoms with E-state index in [4.69, 9.17) is 15.2 Å². The lowest BCUT2D eigenvalue weighted by Gasteiger charge is -1.90. The zero-order valence-corrected chi connectivity index (χ0v) is 5.46. The predicted molar refractivity (Wildman–Crippen MR) is 35.9 cm³/mol. The zero-order valence-electron chi connectivity index (χ0n) is 5.46. The predicted octanol–water partition coefficient (Wildman–Crippen LogP) is 1.18. The zero-order chi connectivity index (χ0) is 7.84. The molecule has 0 bridgehead atoms. The summed E-state index contributed by atoms with van der Waals surface area (Å²) in [4.78, 5) is 0. The fourth-order valence-electron chi connectivity index (χ4n) is 0.824. The molecule has 0 spiro atoms. The van der Waals surface area contributed by atoms with Crippen molar-refractivity contribution >= 4 is 11.5 Å². The Kier molecular flexibility index (Phi) is 1.00. The molecule has 0 aliphatic carbocycles. The third kappa shape index (κ3) is 0.778. The summed E-state index contributed by atoms with van der Waals surface area (Å²) in [6, 6.07) is 3.07. The highest BCUT2D eigenvalue weighted by molar-refractivity contribution is 6.00. The van der Waals surface area contributed by atoms with Gasteiger partial charge < -0.3 is 4.42 Å². The molecule has 5 nitrogen and oxygen atoms in total. The van der Waals surface area contributed by atoms with Crippen LogP contribution in [-0.4, -0.2) is 5.84 Å². The second-order valence-corrected chi connectivity index (χ2v) is 2.06. The molecule has 0 saturated heterocycles. The van der Waals surface area contributed by atoms with E-state index in [1.165, 1.54) is 6.07 Å². The Morgan fingerprint density at radius 3 is 2.82 bits per heavy atom. The first kappa shape index (κ1) is 5.96. The second kappa shape index (κ2) is 1.85. The number of amidine groups is 1. The van der Waals surface area contributed by atoms with Crippen LogP contribution in [0.15, 0.2) is 26.8 Å². The molecule has 5 heteroatoms. The third-order valence-electron chi connectivity index (χ3n) is 1.31. The number of hydrogen-bond donors (Lipinski definition) is 2. The van der Waals surface area contributed by atoms with E-state index in [0.717, 1.165) is 0 Å². The summed E-state index contributed by atoms with van der Waals surface area (Å²) in [5.74, 6) is 0.256. The molecule has 1 aromatic rings. The van der Waals surface area contributed by atoms with E-state index in [9.17, 15) is 0 Å². The summed E-state index contributed by atoms with van der Waals surface area (Å²) >= 11 is 0. The first-order chi connectivity index (χ1) is 5.27. The lowest BCUT2D eigenvalue weighted by molar-refractivity contribution is 0.481. The van der Waals surface area contributed by atoms with E-state index in [1.807, 2.05) is 0 Å². The van der Waals surface area contributed by atoms with Crippen LogP contribution in [-0.2, 0) is 0 Å². The van der Waals surface area contributed by atoms with Gasteiger partial charge in [0.15, 0.2) is 0 Å². The van der Waals surface area contributed by atoms with Crippen LogP contribution in [0.4, 0.5) is 5.69 Å². The van der Waals surface area contributed by atoms with Crippen molar-refractivity contribution in [3.8, 4) is 0 Å². The van der Waals surface area contributed by atoms with E-state index in [2.05, 4.69) is 10.2 Å². The number of nitrogens with zero attached hydrogens (tertiary/aromatic N) is 2. The molecule has 1 aliphatic rings. The molecule has 1 aliphatic heterocycles. The summed E-state index contributed by atoms with van der Waals surface area (Å²) in [6.45, 7) is 0. The Bertz CT molecular complexity index is 403. The summed E-state index contributed by atoms with van der Waals surface area (Å²) in [6.07, 6.45) is 0. The van der Waals surface area contributed by atoms with Gasteiger partial charge in [-0.2, -0.15) is 0 Å². The first-order valence-electron chi connectivity index (χ1n) is 2.97. The molecule has 0 radical (unpaired) electrons. The van der Waals surface area contributed by atoms with Crippen molar-refractivity contribution in [2.24, 2.45) is 10.2 Å². The van der Waals surface area contributed by atoms with E-state index in [-0.39, 0.29) is 17.1 Å². The van der Waals surface area contributed by atoms with Crippen molar-refractivity contribution in [2.75, 3.05) is 0 Å². The van der Waals surface area contributed by atoms with E-state index in [0.29, 0.717) is 5.69 Å². The van der Waals surface area contributed by atoms with Gasteiger partial charge in [0.25, 0.3) is 0 Å². The largest absolute Gasteiger partial charge is 0.433 e. The molecule has 0 fully saturated rings. The van der Waals surface area contributed by atoms with Gasteiger partial charge in [0.05, 0.1) is 0 Å². The van der Waals surface area contributed by atoms with Crippen molar-refractivity contribution in [2.45, 2.75) is 0 Å². The lowest BCUT2D eigenvalue weighted by atomic mass is 10.3. The van der Waals surface area contributed by atoms with E-state index in [1.54, 1.807) is 6.07 Å². The van der Waals surface area contributed by atoms with Crippen LogP contribution in [0.3, 0.4) is 0 Å². The quantitative estimate of drug-likeness (QED) is 0.568.